The van der Waals surface area contributed by atoms with Gasteiger partial charge in [-0.2, -0.15) is 11.3 Å². The lowest BCUT2D eigenvalue weighted by molar-refractivity contribution is -0.127. The summed E-state index contributed by atoms with van der Waals surface area (Å²) in [6.45, 7) is 4.03. The quantitative estimate of drug-likeness (QED) is 0.904. The van der Waals surface area contributed by atoms with Gasteiger partial charge in [0, 0.05) is 19.5 Å². The fourth-order valence-corrected chi connectivity index (χ4v) is 3.88. The highest BCUT2D eigenvalue weighted by atomic mass is 32.1. The van der Waals surface area contributed by atoms with Crippen molar-refractivity contribution in [1.82, 2.24) is 10.2 Å². The lowest BCUT2D eigenvalue weighted by atomic mass is 9.78. The standard InChI is InChI=1S/C14H20N2OS/c17-13-9-14(3-5-15-6-4-14)11-16(13)7-1-12-2-8-18-10-12/h2,8,10,15H,1,3-7,9,11H2. The van der Waals surface area contributed by atoms with E-state index in [2.05, 4.69) is 27.0 Å². The first kappa shape index (κ1) is 12.2. The number of hydrogen-bond donors (Lipinski definition) is 1. The molecule has 2 aliphatic heterocycles. The van der Waals surface area contributed by atoms with Crippen molar-refractivity contribution in [3.63, 3.8) is 0 Å². The predicted octanol–water partition coefficient (Wildman–Crippen LogP) is 1.89. The smallest absolute Gasteiger partial charge is 0.223 e. The van der Waals surface area contributed by atoms with Crippen LogP contribution in [-0.2, 0) is 11.2 Å². The molecule has 2 saturated heterocycles. The zero-order valence-corrected chi connectivity index (χ0v) is 11.5. The summed E-state index contributed by atoms with van der Waals surface area (Å²) in [7, 11) is 0. The maximum Gasteiger partial charge on any atom is 0.223 e. The zero-order chi connectivity index (χ0) is 12.4. The Labute approximate surface area is 112 Å². The van der Waals surface area contributed by atoms with Crippen molar-refractivity contribution < 1.29 is 4.79 Å². The van der Waals surface area contributed by atoms with Gasteiger partial charge in [-0.05, 0) is 60.2 Å². The molecule has 0 aliphatic carbocycles. The van der Waals surface area contributed by atoms with Crippen LogP contribution in [0.2, 0.25) is 0 Å². The summed E-state index contributed by atoms with van der Waals surface area (Å²) >= 11 is 1.73. The van der Waals surface area contributed by atoms with E-state index >= 15 is 0 Å². The molecule has 1 aromatic heterocycles. The fraction of sp³-hybridized carbons (Fsp3) is 0.643. The molecular weight excluding hydrogens is 244 g/mol. The number of carbonyl (C=O) groups is 1. The Morgan fingerprint density at radius 2 is 2.22 bits per heavy atom. The van der Waals surface area contributed by atoms with Crippen LogP contribution < -0.4 is 5.32 Å². The van der Waals surface area contributed by atoms with Crippen LogP contribution in [0.5, 0.6) is 0 Å². The van der Waals surface area contributed by atoms with E-state index in [-0.39, 0.29) is 5.41 Å². The Hall–Kier alpha value is -0.870. The van der Waals surface area contributed by atoms with E-state index in [1.165, 1.54) is 5.56 Å². The van der Waals surface area contributed by atoms with Crippen LogP contribution in [0.15, 0.2) is 16.8 Å². The van der Waals surface area contributed by atoms with Crippen molar-refractivity contribution in [2.45, 2.75) is 25.7 Å². The third-order valence-electron chi connectivity index (χ3n) is 4.32. The van der Waals surface area contributed by atoms with Gasteiger partial charge < -0.3 is 10.2 Å². The largest absolute Gasteiger partial charge is 0.342 e. The molecule has 1 spiro atoms. The lowest BCUT2D eigenvalue weighted by Gasteiger charge is -2.33. The van der Waals surface area contributed by atoms with Gasteiger partial charge in [0.1, 0.15) is 0 Å². The molecule has 1 N–H and O–H groups in total. The van der Waals surface area contributed by atoms with Crippen molar-refractivity contribution in [2.75, 3.05) is 26.2 Å². The SMILES string of the molecule is O=C1CC2(CCNCC2)CN1CCc1ccsc1. The summed E-state index contributed by atoms with van der Waals surface area (Å²) in [6, 6.07) is 2.16. The molecule has 98 valence electrons. The number of piperidine rings is 1. The minimum Gasteiger partial charge on any atom is -0.342 e. The topological polar surface area (TPSA) is 32.3 Å². The van der Waals surface area contributed by atoms with Crippen molar-refractivity contribution >= 4 is 17.2 Å². The van der Waals surface area contributed by atoms with Crippen LogP contribution in [0.25, 0.3) is 0 Å². The van der Waals surface area contributed by atoms with E-state index in [1.54, 1.807) is 11.3 Å². The van der Waals surface area contributed by atoms with E-state index in [4.69, 9.17) is 0 Å². The van der Waals surface area contributed by atoms with E-state index in [9.17, 15) is 4.79 Å². The van der Waals surface area contributed by atoms with Gasteiger partial charge >= 0.3 is 0 Å². The molecule has 0 saturated carbocycles. The summed E-state index contributed by atoms with van der Waals surface area (Å²) < 4.78 is 0. The highest BCUT2D eigenvalue weighted by Crippen LogP contribution is 2.39. The molecule has 3 heterocycles. The molecule has 3 nitrogen and oxygen atoms in total. The number of likely N-dealkylation sites (tertiary alicyclic amines) is 1. The van der Waals surface area contributed by atoms with Crippen molar-refractivity contribution in [2.24, 2.45) is 5.41 Å². The van der Waals surface area contributed by atoms with Crippen LogP contribution in [0.1, 0.15) is 24.8 Å². The predicted molar refractivity (Wildman–Crippen MR) is 73.8 cm³/mol. The van der Waals surface area contributed by atoms with Crippen molar-refractivity contribution in [1.29, 1.82) is 0 Å². The molecule has 1 aromatic rings. The average molecular weight is 264 g/mol. The number of nitrogens with one attached hydrogen (secondary N) is 1. The number of rotatable bonds is 3. The Bertz CT molecular complexity index is 409. The maximum absolute atomic E-state index is 12.1. The first-order valence-electron chi connectivity index (χ1n) is 6.77. The number of nitrogens with zero attached hydrogens (tertiary/aromatic N) is 1. The van der Waals surface area contributed by atoms with Crippen LogP contribution in [0.4, 0.5) is 0 Å². The molecule has 0 aromatic carbocycles. The van der Waals surface area contributed by atoms with Gasteiger partial charge in [-0.3, -0.25) is 4.79 Å². The van der Waals surface area contributed by atoms with Gasteiger partial charge in [-0.1, -0.05) is 0 Å². The van der Waals surface area contributed by atoms with Gasteiger partial charge in [-0.25, -0.2) is 0 Å². The molecule has 4 heteroatoms. The third kappa shape index (κ3) is 2.45. The van der Waals surface area contributed by atoms with Crippen LogP contribution >= 0.6 is 11.3 Å². The number of amides is 1. The molecule has 0 radical (unpaired) electrons. The Morgan fingerprint density at radius 3 is 2.94 bits per heavy atom. The molecule has 0 bridgehead atoms. The third-order valence-corrected chi connectivity index (χ3v) is 5.05. The molecule has 2 fully saturated rings. The molecule has 0 unspecified atom stereocenters. The summed E-state index contributed by atoms with van der Waals surface area (Å²) in [5, 5.41) is 7.68. The molecule has 3 rings (SSSR count). The van der Waals surface area contributed by atoms with Gasteiger partial charge in [0.2, 0.25) is 5.91 Å². The average Bonchev–Trinajstić information content (AvgIpc) is 2.97. The van der Waals surface area contributed by atoms with E-state index in [0.29, 0.717) is 5.91 Å². The lowest BCUT2D eigenvalue weighted by Crippen LogP contribution is -2.39. The molecule has 2 aliphatic rings. The first-order chi connectivity index (χ1) is 8.77. The van der Waals surface area contributed by atoms with E-state index < -0.39 is 0 Å². The molecule has 18 heavy (non-hydrogen) atoms. The Morgan fingerprint density at radius 1 is 1.39 bits per heavy atom. The fourth-order valence-electron chi connectivity index (χ4n) is 3.18. The van der Waals surface area contributed by atoms with Gasteiger partial charge in [-0.15, -0.1) is 0 Å². The number of thiophene rings is 1. The van der Waals surface area contributed by atoms with Crippen molar-refractivity contribution in [3.8, 4) is 0 Å². The minimum atomic E-state index is 0.289. The minimum absolute atomic E-state index is 0.289. The Kier molecular flexibility index (Phi) is 3.39. The van der Waals surface area contributed by atoms with Crippen LogP contribution in [-0.4, -0.2) is 37.0 Å². The monoisotopic (exact) mass is 264 g/mol. The second-order valence-electron chi connectivity index (χ2n) is 5.62. The van der Waals surface area contributed by atoms with E-state index in [0.717, 1.165) is 51.9 Å². The molecule has 0 atom stereocenters. The second-order valence-corrected chi connectivity index (χ2v) is 6.40. The maximum atomic E-state index is 12.1. The van der Waals surface area contributed by atoms with Crippen molar-refractivity contribution in [3.05, 3.63) is 22.4 Å². The zero-order valence-electron chi connectivity index (χ0n) is 10.7. The first-order valence-corrected chi connectivity index (χ1v) is 7.71. The summed E-state index contributed by atoms with van der Waals surface area (Å²) in [5.74, 6) is 0.368. The second kappa shape index (κ2) is 5.02. The van der Waals surface area contributed by atoms with Gasteiger partial charge in [0.05, 0.1) is 0 Å². The summed E-state index contributed by atoms with van der Waals surface area (Å²) in [6.07, 6.45) is 4.10. The summed E-state index contributed by atoms with van der Waals surface area (Å²) in [5.41, 5.74) is 1.65. The van der Waals surface area contributed by atoms with E-state index in [1.807, 2.05) is 0 Å². The number of carbonyl (C=O) groups excluding carboxylic acids is 1. The molecule has 1 amide bonds. The van der Waals surface area contributed by atoms with Gasteiger partial charge in [0.25, 0.3) is 0 Å². The summed E-state index contributed by atoms with van der Waals surface area (Å²) in [4.78, 5) is 14.2. The number of hydrogen-bond acceptors (Lipinski definition) is 3. The normalized spacial score (nSPS) is 22.9. The van der Waals surface area contributed by atoms with Crippen LogP contribution in [0.3, 0.4) is 0 Å². The van der Waals surface area contributed by atoms with Gasteiger partial charge in [0.15, 0.2) is 0 Å². The van der Waals surface area contributed by atoms with Crippen LogP contribution in [0, 0.1) is 5.41 Å². The Balaban J connectivity index is 1.58. The highest BCUT2D eigenvalue weighted by Gasteiger charge is 2.43. The highest BCUT2D eigenvalue weighted by molar-refractivity contribution is 7.07. The molecular formula is C14H20N2OS.